The maximum atomic E-state index is 12.4. The second kappa shape index (κ2) is 7.24. The van der Waals surface area contributed by atoms with Gasteiger partial charge in [-0.05, 0) is 44.2 Å². The molecule has 0 radical (unpaired) electrons. The molecular formula is C15H23N3O2. The number of carbonyl (C=O) groups excluding carboxylic acids is 1. The van der Waals surface area contributed by atoms with Crippen LogP contribution in [-0.4, -0.2) is 47.1 Å². The molecule has 1 atom stereocenters. The molecule has 0 bridgehead atoms. The quantitative estimate of drug-likeness (QED) is 0.860. The topological polar surface area (TPSA) is 65.5 Å². The minimum atomic E-state index is 0.0446. The zero-order chi connectivity index (χ0) is 14.4. The van der Waals surface area contributed by atoms with Crippen molar-refractivity contribution in [2.24, 2.45) is 5.92 Å². The van der Waals surface area contributed by atoms with Crippen molar-refractivity contribution in [2.45, 2.75) is 26.2 Å². The summed E-state index contributed by atoms with van der Waals surface area (Å²) in [4.78, 5) is 18.5. The number of pyridine rings is 1. The summed E-state index contributed by atoms with van der Waals surface area (Å²) in [6, 6.07) is 3.66. The predicted octanol–water partition coefficient (Wildman–Crippen LogP) is 1.75. The summed E-state index contributed by atoms with van der Waals surface area (Å²) in [5.74, 6) is 1.26. The molecule has 5 nitrogen and oxygen atoms in total. The molecule has 110 valence electrons. The monoisotopic (exact) mass is 277 g/mol. The molecule has 1 saturated heterocycles. The van der Waals surface area contributed by atoms with Crippen LogP contribution in [0, 0.1) is 5.92 Å². The van der Waals surface area contributed by atoms with Crippen LogP contribution >= 0.6 is 0 Å². The number of piperidine rings is 1. The Morgan fingerprint density at radius 3 is 3.05 bits per heavy atom. The van der Waals surface area contributed by atoms with Crippen LogP contribution in [0.1, 0.15) is 36.5 Å². The fraction of sp³-hybridized carbons (Fsp3) is 0.600. The van der Waals surface area contributed by atoms with Gasteiger partial charge in [-0.1, -0.05) is 0 Å². The number of rotatable bonds is 5. The third-order valence-corrected chi connectivity index (χ3v) is 3.71. The molecule has 2 rings (SSSR count). The van der Waals surface area contributed by atoms with Crippen molar-refractivity contribution >= 4 is 11.7 Å². The highest BCUT2D eigenvalue weighted by Gasteiger charge is 2.24. The highest BCUT2D eigenvalue weighted by Crippen LogP contribution is 2.21. The number of nitrogens with one attached hydrogen (secondary N) is 1. The predicted molar refractivity (Wildman–Crippen MR) is 78.7 cm³/mol. The van der Waals surface area contributed by atoms with E-state index in [1.807, 2.05) is 24.0 Å². The summed E-state index contributed by atoms with van der Waals surface area (Å²) in [6.07, 6.45) is 4.53. The van der Waals surface area contributed by atoms with Gasteiger partial charge >= 0.3 is 0 Å². The molecule has 1 aliphatic rings. The average Bonchev–Trinajstić information content (AvgIpc) is 2.48. The van der Waals surface area contributed by atoms with Gasteiger partial charge in [0.05, 0.1) is 5.56 Å². The zero-order valence-corrected chi connectivity index (χ0v) is 12.0. The summed E-state index contributed by atoms with van der Waals surface area (Å²) in [6.45, 7) is 4.57. The minimum absolute atomic E-state index is 0.0446. The van der Waals surface area contributed by atoms with Crippen molar-refractivity contribution in [3.05, 3.63) is 23.9 Å². The third-order valence-electron chi connectivity index (χ3n) is 3.71. The molecule has 1 fully saturated rings. The number of aromatic nitrogens is 1. The number of aliphatic hydroxyl groups is 1. The van der Waals surface area contributed by atoms with Gasteiger partial charge in [-0.2, -0.15) is 0 Å². The standard InChI is InChI=1S/C15H23N3O2/c1-2-16-14-6-5-13(10-17-14)15(20)18-8-3-4-12(11-18)7-9-19/h5-6,10,12,19H,2-4,7-9,11H2,1H3,(H,16,17). The van der Waals surface area contributed by atoms with E-state index < -0.39 is 0 Å². The van der Waals surface area contributed by atoms with Crippen LogP contribution in [0.25, 0.3) is 0 Å². The first-order valence-electron chi connectivity index (χ1n) is 7.34. The van der Waals surface area contributed by atoms with E-state index in [1.54, 1.807) is 6.20 Å². The molecule has 2 N–H and O–H groups in total. The van der Waals surface area contributed by atoms with Crippen LogP contribution in [0.2, 0.25) is 0 Å². The number of amides is 1. The van der Waals surface area contributed by atoms with E-state index >= 15 is 0 Å². The van der Waals surface area contributed by atoms with E-state index in [0.29, 0.717) is 11.5 Å². The molecule has 0 aromatic carbocycles. The van der Waals surface area contributed by atoms with Gasteiger partial charge in [0, 0.05) is 32.4 Å². The molecule has 1 amide bonds. The van der Waals surface area contributed by atoms with Gasteiger partial charge in [0.1, 0.15) is 5.82 Å². The van der Waals surface area contributed by atoms with Crippen LogP contribution < -0.4 is 5.32 Å². The lowest BCUT2D eigenvalue weighted by Crippen LogP contribution is -2.40. The van der Waals surface area contributed by atoms with Crippen LogP contribution in [0.3, 0.4) is 0 Å². The Morgan fingerprint density at radius 1 is 1.55 bits per heavy atom. The van der Waals surface area contributed by atoms with Crippen molar-refractivity contribution in [3.63, 3.8) is 0 Å². The largest absolute Gasteiger partial charge is 0.396 e. The smallest absolute Gasteiger partial charge is 0.255 e. The fourth-order valence-corrected chi connectivity index (χ4v) is 2.66. The highest BCUT2D eigenvalue weighted by atomic mass is 16.3. The first-order valence-corrected chi connectivity index (χ1v) is 7.34. The number of hydrogen-bond donors (Lipinski definition) is 2. The minimum Gasteiger partial charge on any atom is -0.396 e. The number of likely N-dealkylation sites (tertiary alicyclic amines) is 1. The number of carbonyl (C=O) groups is 1. The van der Waals surface area contributed by atoms with Crippen molar-refractivity contribution in [2.75, 3.05) is 31.6 Å². The number of hydrogen-bond acceptors (Lipinski definition) is 4. The molecule has 20 heavy (non-hydrogen) atoms. The van der Waals surface area contributed by atoms with Gasteiger partial charge in [-0.3, -0.25) is 4.79 Å². The normalized spacial score (nSPS) is 18.9. The molecular weight excluding hydrogens is 254 g/mol. The van der Waals surface area contributed by atoms with Crippen LogP contribution in [0.15, 0.2) is 18.3 Å². The van der Waals surface area contributed by atoms with Crippen LogP contribution in [0.4, 0.5) is 5.82 Å². The third kappa shape index (κ3) is 3.70. The lowest BCUT2D eigenvalue weighted by Gasteiger charge is -2.32. The van der Waals surface area contributed by atoms with Crippen molar-refractivity contribution < 1.29 is 9.90 Å². The lowest BCUT2D eigenvalue weighted by atomic mass is 9.95. The number of nitrogens with zero attached hydrogens (tertiary/aromatic N) is 2. The van der Waals surface area contributed by atoms with E-state index in [4.69, 9.17) is 5.11 Å². The molecule has 1 aliphatic heterocycles. The van der Waals surface area contributed by atoms with E-state index in [0.717, 1.165) is 44.7 Å². The molecule has 0 saturated carbocycles. The average molecular weight is 277 g/mol. The molecule has 1 aromatic rings. The van der Waals surface area contributed by atoms with Crippen molar-refractivity contribution in [3.8, 4) is 0 Å². The fourth-order valence-electron chi connectivity index (χ4n) is 2.66. The molecule has 5 heteroatoms. The summed E-state index contributed by atoms with van der Waals surface area (Å²) in [5.41, 5.74) is 0.635. The van der Waals surface area contributed by atoms with Crippen molar-refractivity contribution in [1.29, 1.82) is 0 Å². The van der Waals surface area contributed by atoms with E-state index in [9.17, 15) is 4.79 Å². The van der Waals surface area contributed by atoms with Crippen LogP contribution in [0.5, 0.6) is 0 Å². The molecule has 1 unspecified atom stereocenters. The Kier molecular flexibility index (Phi) is 5.35. The molecule has 0 aliphatic carbocycles. The second-order valence-electron chi connectivity index (χ2n) is 5.23. The maximum Gasteiger partial charge on any atom is 0.255 e. The van der Waals surface area contributed by atoms with E-state index in [-0.39, 0.29) is 12.5 Å². The first kappa shape index (κ1) is 14.8. The van der Waals surface area contributed by atoms with Gasteiger partial charge in [-0.25, -0.2) is 4.98 Å². The summed E-state index contributed by atoms with van der Waals surface area (Å²) < 4.78 is 0. The molecule has 1 aromatic heterocycles. The molecule has 2 heterocycles. The second-order valence-corrected chi connectivity index (χ2v) is 5.23. The molecule has 0 spiro atoms. The van der Waals surface area contributed by atoms with E-state index in [2.05, 4.69) is 10.3 Å². The highest BCUT2D eigenvalue weighted by molar-refractivity contribution is 5.94. The SMILES string of the molecule is CCNc1ccc(C(=O)N2CCCC(CCO)C2)cn1. The Hall–Kier alpha value is -1.62. The summed E-state index contributed by atoms with van der Waals surface area (Å²) in [7, 11) is 0. The first-order chi connectivity index (χ1) is 9.74. The summed E-state index contributed by atoms with van der Waals surface area (Å²) >= 11 is 0. The van der Waals surface area contributed by atoms with Crippen molar-refractivity contribution in [1.82, 2.24) is 9.88 Å². The maximum absolute atomic E-state index is 12.4. The number of anilines is 1. The van der Waals surface area contributed by atoms with Gasteiger partial charge in [-0.15, -0.1) is 0 Å². The Morgan fingerprint density at radius 2 is 2.40 bits per heavy atom. The Labute approximate surface area is 120 Å². The Balaban J connectivity index is 1.99. The van der Waals surface area contributed by atoms with Gasteiger partial charge in [0.25, 0.3) is 5.91 Å². The van der Waals surface area contributed by atoms with E-state index in [1.165, 1.54) is 0 Å². The Bertz CT molecular complexity index is 431. The number of aliphatic hydroxyl groups excluding tert-OH is 1. The van der Waals surface area contributed by atoms with Gasteiger partial charge in [0.2, 0.25) is 0 Å². The van der Waals surface area contributed by atoms with Gasteiger partial charge in [0.15, 0.2) is 0 Å². The summed E-state index contributed by atoms with van der Waals surface area (Å²) in [5, 5.41) is 12.1. The lowest BCUT2D eigenvalue weighted by molar-refractivity contribution is 0.0653. The van der Waals surface area contributed by atoms with Gasteiger partial charge < -0.3 is 15.3 Å². The zero-order valence-electron chi connectivity index (χ0n) is 12.0. The van der Waals surface area contributed by atoms with Crippen LogP contribution in [-0.2, 0) is 0 Å².